The molecule has 2 N–H and O–H groups in total. The van der Waals surface area contributed by atoms with Crippen LogP contribution in [0.1, 0.15) is 18.9 Å². The van der Waals surface area contributed by atoms with Gasteiger partial charge in [0.15, 0.2) is 17.6 Å². The Kier molecular flexibility index (Phi) is 6.49. The number of amides is 1. The number of ether oxygens (including phenoxy) is 4. The fraction of sp³-hybridized carbons (Fsp3) is 0.467. The molecule has 0 fully saturated rings. The molecule has 0 bridgehead atoms. The largest absolute Gasteiger partial charge is 0.493 e. The fourth-order valence-electron chi connectivity index (χ4n) is 1.84. The van der Waals surface area contributed by atoms with Crippen molar-refractivity contribution in [2.45, 2.75) is 25.9 Å². The summed E-state index contributed by atoms with van der Waals surface area (Å²) >= 11 is 0. The van der Waals surface area contributed by atoms with E-state index in [1.807, 2.05) is 0 Å². The average molecular weight is 311 g/mol. The number of rotatable bonds is 8. The summed E-state index contributed by atoms with van der Waals surface area (Å²) in [4.78, 5) is 22.5. The van der Waals surface area contributed by atoms with Gasteiger partial charge in [0.2, 0.25) is 5.75 Å². The third kappa shape index (κ3) is 4.54. The van der Waals surface area contributed by atoms with E-state index >= 15 is 0 Å². The Balaban J connectivity index is 2.78. The second-order valence-corrected chi connectivity index (χ2v) is 4.57. The molecule has 0 saturated heterocycles. The van der Waals surface area contributed by atoms with Crippen molar-refractivity contribution < 1.29 is 28.5 Å². The second kappa shape index (κ2) is 8.11. The molecule has 0 aliphatic carbocycles. The Hall–Kier alpha value is -2.44. The molecule has 1 amide bonds. The standard InChI is InChI=1S/C15H21NO6/c1-9(15(16)18)22-13(17)6-5-10-7-11(19-2)14(21-4)12(8-10)20-3/h7-9H,5-6H2,1-4H3,(H2,16,18)/t9-/m0/s1. The van der Waals surface area contributed by atoms with Crippen molar-refractivity contribution >= 4 is 11.9 Å². The maximum absolute atomic E-state index is 11.6. The predicted molar refractivity (Wildman–Crippen MR) is 79.2 cm³/mol. The molecule has 22 heavy (non-hydrogen) atoms. The van der Waals surface area contributed by atoms with Gasteiger partial charge in [0.05, 0.1) is 21.3 Å². The topological polar surface area (TPSA) is 97.1 Å². The summed E-state index contributed by atoms with van der Waals surface area (Å²) in [5.74, 6) is 0.325. The molecule has 1 atom stereocenters. The van der Waals surface area contributed by atoms with Crippen molar-refractivity contribution in [3.8, 4) is 17.2 Å². The van der Waals surface area contributed by atoms with Crippen LogP contribution in [0, 0.1) is 0 Å². The normalized spacial score (nSPS) is 11.5. The zero-order valence-electron chi connectivity index (χ0n) is 13.2. The van der Waals surface area contributed by atoms with Gasteiger partial charge < -0.3 is 24.7 Å². The van der Waals surface area contributed by atoms with E-state index < -0.39 is 18.0 Å². The van der Waals surface area contributed by atoms with Crippen LogP contribution >= 0.6 is 0 Å². The summed E-state index contributed by atoms with van der Waals surface area (Å²) < 4.78 is 20.6. The number of benzene rings is 1. The Labute approximate surface area is 129 Å². The quantitative estimate of drug-likeness (QED) is 0.721. The third-order valence-corrected chi connectivity index (χ3v) is 3.05. The SMILES string of the molecule is COc1cc(CCC(=O)O[C@@H](C)C(N)=O)cc(OC)c1OC. The van der Waals surface area contributed by atoms with E-state index in [4.69, 9.17) is 24.7 Å². The van der Waals surface area contributed by atoms with Crippen molar-refractivity contribution in [1.82, 2.24) is 0 Å². The molecular weight excluding hydrogens is 290 g/mol. The fourth-order valence-corrected chi connectivity index (χ4v) is 1.84. The van der Waals surface area contributed by atoms with E-state index in [9.17, 15) is 9.59 Å². The number of hydrogen-bond acceptors (Lipinski definition) is 6. The van der Waals surface area contributed by atoms with E-state index in [-0.39, 0.29) is 6.42 Å². The van der Waals surface area contributed by atoms with Crippen molar-refractivity contribution in [3.05, 3.63) is 17.7 Å². The smallest absolute Gasteiger partial charge is 0.306 e. The highest BCUT2D eigenvalue weighted by Crippen LogP contribution is 2.38. The first kappa shape index (κ1) is 17.6. The van der Waals surface area contributed by atoms with Crippen LogP contribution in [-0.2, 0) is 20.7 Å². The molecule has 0 saturated carbocycles. The van der Waals surface area contributed by atoms with Gasteiger partial charge in [-0.2, -0.15) is 0 Å². The van der Waals surface area contributed by atoms with Gasteiger partial charge in [0.25, 0.3) is 5.91 Å². The molecule has 122 valence electrons. The first-order valence-corrected chi connectivity index (χ1v) is 6.70. The van der Waals surface area contributed by atoms with Crippen molar-refractivity contribution in [3.63, 3.8) is 0 Å². The molecular formula is C15H21NO6. The highest BCUT2D eigenvalue weighted by molar-refractivity contribution is 5.81. The van der Waals surface area contributed by atoms with E-state index in [1.165, 1.54) is 28.3 Å². The molecule has 1 aromatic rings. The minimum atomic E-state index is -0.938. The lowest BCUT2D eigenvalue weighted by atomic mass is 10.1. The lowest BCUT2D eigenvalue weighted by Crippen LogP contribution is -2.30. The second-order valence-electron chi connectivity index (χ2n) is 4.57. The maximum atomic E-state index is 11.6. The summed E-state index contributed by atoms with van der Waals surface area (Å²) in [6.45, 7) is 1.43. The van der Waals surface area contributed by atoms with Gasteiger partial charge in [-0.1, -0.05) is 0 Å². The third-order valence-electron chi connectivity index (χ3n) is 3.05. The number of methoxy groups -OCH3 is 3. The summed E-state index contributed by atoms with van der Waals surface area (Å²) in [6.07, 6.45) is -0.426. The van der Waals surface area contributed by atoms with Crippen molar-refractivity contribution in [2.24, 2.45) is 5.73 Å². The zero-order valence-corrected chi connectivity index (χ0v) is 13.2. The van der Waals surface area contributed by atoms with Gasteiger partial charge in [0, 0.05) is 6.42 Å². The minimum absolute atomic E-state index is 0.107. The molecule has 1 rings (SSSR count). The molecule has 0 unspecified atom stereocenters. The molecule has 0 aliphatic heterocycles. The predicted octanol–water partition coefficient (Wildman–Crippen LogP) is 1.06. The van der Waals surface area contributed by atoms with Crippen LogP contribution in [0.3, 0.4) is 0 Å². The molecule has 0 radical (unpaired) electrons. The zero-order chi connectivity index (χ0) is 16.7. The number of hydrogen-bond donors (Lipinski definition) is 1. The summed E-state index contributed by atoms with van der Waals surface area (Å²) in [6, 6.07) is 3.51. The van der Waals surface area contributed by atoms with Gasteiger partial charge in [-0.25, -0.2) is 0 Å². The molecule has 0 heterocycles. The molecule has 0 aromatic heterocycles. The molecule has 7 nitrogen and oxygen atoms in total. The number of esters is 1. The van der Waals surface area contributed by atoms with Crippen LogP contribution in [0.4, 0.5) is 0 Å². The van der Waals surface area contributed by atoms with Crippen molar-refractivity contribution in [1.29, 1.82) is 0 Å². The van der Waals surface area contributed by atoms with E-state index in [1.54, 1.807) is 12.1 Å². The monoisotopic (exact) mass is 311 g/mol. The van der Waals surface area contributed by atoms with E-state index in [0.29, 0.717) is 23.7 Å². The van der Waals surface area contributed by atoms with Crippen LogP contribution in [0.15, 0.2) is 12.1 Å². The Bertz CT molecular complexity index is 518. The first-order valence-electron chi connectivity index (χ1n) is 6.70. The van der Waals surface area contributed by atoms with Crippen LogP contribution in [0.2, 0.25) is 0 Å². The van der Waals surface area contributed by atoms with Crippen LogP contribution < -0.4 is 19.9 Å². The van der Waals surface area contributed by atoms with Gasteiger partial charge in [0.1, 0.15) is 0 Å². The number of carbonyl (C=O) groups is 2. The summed E-state index contributed by atoms with van der Waals surface area (Å²) in [5, 5.41) is 0. The highest BCUT2D eigenvalue weighted by atomic mass is 16.5. The average Bonchev–Trinajstić information content (AvgIpc) is 2.51. The van der Waals surface area contributed by atoms with Gasteiger partial charge in [-0.05, 0) is 31.0 Å². The summed E-state index contributed by atoms with van der Waals surface area (Å²) in [7, 11) is 4.55. The Morgan fingerprint density at radius 1 is 1.09 bits per heavy atom. The number of primary amides is 1. The van der Waals surface area contributed by atoms with E-state index in [2.05, 4.69) is 0 Å². The minimum Gasteiger partial charge on any atom is -0.493 e. The van der Waals surface area contributed by atoms with Gasteiger partial charge in [-0.15, -0.1) is 0 Å². The lowest BCUT2D eigenvalue weighted by Gasteiger charge is -2.14. The first-order chi connectivity index (χ1) is 10.4. The van der Waals surface area contributed by atoms with Crippen LogP contribution in [0.25, 0.3) is 0 Å². The Morgan fingerprint density at radius 3 is 2.05 bits per heavy atom. The van der Waals surface area contributed by atoms with Crippen LogP contribution in [0.5, 0.6) is 17.2 Å². The Morgan fingerprint density at radius 2 is 1.64 bits per heavy atom. The van der Waals surface area contributed by atoms with Crippen LogP contribution in [-0.4, -0.2) is 39.3 Å². The van der Waals surface area contributed by atoms with E-state index in [0.717, 1.165) is 5.56 Å². The lowest BCUT2D eigenvalue weighted by molar-refractivity contribution is -0.153. The highest BCUT2D eigenvalue weighted by Gasteiger charge is 2.16. The molecule has 0 aliphatic rings. The maximum Gasteiger partial charge on any atom is 0.306 e. The molecule has 1 aromatic carbocycles. The van der Waals surface area contributed by atoms with Gasteiger partial charge in [-0.3, -0.25) is 9.59 Å². The molecule has 7 heteroatoms. The summed E-state index contributed by atoms with van der Waals surface area (Å²) in [5.41, 5.74) is 5.85. The van der Waals surface area contributed by atoms with Crippen molar-refractivity contribution in [2.75, 3.05) is 21.3 Å². The molecule has 0 spiro atoms. The number of nitrogens with two attached hydrogens (primary N) is 1. The number of aryl methyl sites for hydroxylation is 1. The van der Waals surface area contributed by atoms with Gasteiger partial charge >= 0.3 is 5.97 Å². The number of carbonyl (C=O) groups excluding carboxylic acids is 2.